The van der Waals surface area contributed by atoms with Gasteiger partial charge in [0, 0.05) is 0 Å². The molecule has 2 aliphatic rings. The number of halogens is 1. The Bertz CT molecular complexity index is 132. The molecule has 0 bridgehead atoms. The fourth-order valence-corrected chi connectivity index (χ4v) is 6.37. The molecular formula is C11H21ClSi. The van der Waals surface area contributed by atoms with E-state index in [1.807, 2.05) is 0 Å². The van der Waals surface area contributed by atoms with Gasteiger partial charge in [-0.2, -0.15) is 11.1 Å². The zero-order chi connectivity index (χ0) is 9.10. The molecule has 2 heteroatoms. The Morgan fingerprint density at radius 2 is 1.23 bits per heavy atom. The summed E-state index contributed by atoms with van der Waals surface area (Å²) in [6.07, 6.45) is 11.9. The summed E-state index contributed by atoms with van der Waals surface area (Å²) >= 11 is 6.27. The van der Waals surface area contributed by atoms with Crippen molar-refractivity contribution in [1.29, 1.82) is 0 Å². The normalized spacial score (nSPS) is 27.2. The highest BCUT2D eigenvalue weighted by Crippen LogP contribution is 2.45. The molecule has 0 aromatic carbocycles. The zero-order valence-electron chi connectivity index (χ0n) is 8.47. The third kappa shape index (κ3) is 2.30. The molecule has 0 radical (unpaired) electrons. The van der Waals surface area contributed by atoms with Crippen molar-refractivity contribution in [3.8, 4) is 0 Å². The first kappa shape index (κ1) is 10.0. The summed E-state index contributed by atoms with van der Waals surface area (Å²) in [7, 11) is -0.259. The van der Waals surface area contributed by atoms with Crippen molar-refractivity contribution in [3.63, 3.8) is 0 Å². The average molecular weight is 217 g/mol. The second kappa shape index (κ2) is 4.84. The monoisotopic (exact) mass is 216 g/mol. The summed E-state index contributed by atoms with van der Waals surface area (Å²) in [6.45, 7) is 0. The van der Waals surface area contributed by atoms with Gasteiger partial charge in [0.1, 0.15) is 8.83 Å². The lowest BCUT2D eigenvalue weighted by Crippen LogP contribution is -2.17. The van der Waals surface area contributed by atoms with E-state index >= 15 is 0 Å². The van der Waals surface area contributed by atoms with E-state index in [9.17, 15) is 0 Å². The van der Waals surface area contributed by atoms with Crippen molar-refractivity contribution in [2.45, 2.75) is 56.9 Å². The van der Waals surface area contributed by atoms with Gasteiger partial charge in [-0.25, -0.2) is 0 Å². The van der Waals surface area contributed by atoms with Crippen LogP contribution in [-0.4, -0.2) is 8.83 Å². The zero-order valence-corrected chi connectivity index (χ0v) is 10.6. The molecule has 0 heterocycles. The molecule has 0 atom stereocenters. The van der Waals surface area contributed by atoms with Crippen molar-refractivity contribution < 1.29 is 0 Å². The molecule has 0 spiro atoms. The highest BCUT2D eigenvalue weighted by molar-refractivity contribution is 6.94. The molecule has 13 heavy (non-hydrogen) atoms. The molecule has 0 N–H and O–H groups in total. The van der Waals surface area contributed by atoms with E-state index in [0.29, 0.717) is 0 Å². The number of hydrogen-bond acceptors (Lipinski definition) is 0. The van der Waals surface area contributed by atoms with Crippen LogP contribution in [0.3, 0.4) is 0 Å². The van der Waals surface area contributed by atoms with Gasteiger partial charge in [-0.15, -0.1) is 0 Å². The van der Waals surface area contributed by atoms with Crippen molar-refractivity contribution in [2.24, 2.45) is 11.8 Å². The van der Waals surface area contributed by atoms with Gasteiger partial charge in [-0.3, -0.25) is 0 Å². The molecule has 0 aliphatic heterocycles. The summed E-state index contributed by atoms with van der Waals surface area (Å²) in [5.41, 5.74) is 1.01. The van der Waals surface area contributed by atoms with Crippen LogP contribution in [-0.2, 0) is 0 Å². The van der Waals surface area contributed by atoms with Crippen LogP contribution in [0.15, 0.2) is 0 Å². The first-order valence-electron chi connectivity index (χ1n) is 5.98. The van der Waals surface area contributed by atoms with Crippen LogP contribution in [0.1, 0.15) is 51.4 Å². The van der Waals surface area contributed by atoms with Crippen molar-refractivity contribution in [1.82, 2.24) is 0 Å². The lowest BCUT2D eigenvalue weighted by molar-refractivity contribution is 0.381. The summed E-state index contributed by atoms with van der Waals surface area (Å²) in [6, 6.07) is 0. The minimum absolute atomic E-state index is 0.259. The minimum atomic E-state index is -0.259. The van der Waals surface area contributed by atoms with Crippen LogP contribution in [0.25, 0.3) is 0 Å². The number of hydrogen-bond donors (Lipinski definition) is 0. The molecule has 2 saturated carbocycles. The van der Waals surface area contributed by atoms with E-state index in [-0.39, 0.29) is 8.83 Å². The molecule has 0 unspecified atom stereocenters. The Kier molecular flexibility index (Phi) is 3.73. The molecule has 0 aromatic heterocycles. The Balaban J connectivity index is 1.90. The van der Waals surface area contributed by atoms with Crippen molar-refractivity contribution in [2.75, 3.05) is 0 Å². The average Bonchev–Trinajstić information content (AvgIpc) is 2.76. The van der Waals surface area contributed by atoms with E-state index in [1.165, 1.54) is 51.4 Å². The van der Waals surface area contributed by atoms with Crippen molar-refractivity contribution in [3.05, 3.63) is 0 Å². The highest BCUT2D eigenvalue weighted by atomic mass is 35.6. The molecule has 0 aromatic rings. The van der Waals surface area contributed by atoms with Gasteiger partial charge < -0.3 is 0 Å². The van der Waals surface area contributed by atoms with Crippen LogP contribution in [0.5, 0.6) is 0 Å². The van der Waals surface area contributed by atoms with Gasteiger partial charge in [0.15, 0.2) is 0 Å². The molecule has 76 valence electrons. The SMILES string of the molecule is Cl[SiH2]C(C1CCCC1)C1CCCC1. The fraction of sp³-hybridized carbons (Fsp3) is 1.00. The van der Waals surface area contributed by atoms with Gasteiger partial charge in [-0.05, 0) is 17.4 Å². The van der Waals surface area contributed by atoms with E-state index < -0.39 is 0 Å². The predicted molar refractivity (Wildman–Crippen MR) is 62.1 cm³/mol. The summed E-state index contributed by atoms with van der Waals surface area (Å²) in [4.78, 5) is 0. The van der Waals surface area contributed by atoms with E-state index in [0.717, 1.165) is 17.4 Å². The Morgan fingerprint density at radius 3 is 1.54 bits per heavy atom. The highest BCUT2D eigenvalue weighted by Gasteiger charge is 2.32. The van der Waals surface area contributed by atoms with E-state index in [4.69, 9.17) is 11.1 Å². The summed E-state index contributed by atoms with van der Waals surface area (Å²) < 4.78 is 0. The second-order valence-electron chi connectivity index (χ2n) is 4.91. The van der Waals surface area contributed by atoms with Crippen LogP contribution >= 0.6 is 11.1 Å². The quantitative estimate of drug-likeness (QED) is 0.501. The molecule has 0 saturated heterocycles. The lowest BCUT2D eigenvalue weighted by atomic mass is 9.91. The maximum atomic E-state index is 6.27. The lowest BCUT2D eigenvalue weighted by Gasteiger charge is -2.26. The molecular weight excluding hydrogens is 196 g/mol. The van der Waals surface area contributed by atoms with Gasteiger partial charge in [-0.1, -0.05) is 51.4 Å². The fourth-order valence-electron chi connectivity index (χ4n) is 3.41. The first-order valence-corrected chi connectivity index (χ1v) is 8.93. The minimum Gasteiger partial charge on any atom is -0.176 e. The van der Waals surface area contributed by atoms with Crippen LogP contribution in [0, 0.1) is 11.8 Å². The smallest absolute Gasteiger partial charge is 0.128 e. The molecule has 2 rings (SSSR count). The molecule has 2 aliphatic carbocycles. The second-order valence-corrected chi connectivity index (χ2v) is 7.08. The third-order valence-corrected chi connectivity index (χ3v) is 6.95. The largest absolute Gasteiger partial charge is 0.176 e. The van der Waals surface area contributed by atoms with Gasteiger partial charge >= 0.3 is 0 Å². The maximum Gasteiger partial charge on any atom is 0.128 e. The van der Waals surface area contributed by atoms with Crippen LogP contribution in [0.2, 0.25) is 5.54 Å². The summed E-state index contributed by atoms with van der Waals surface area (Å²) in [5, 5.41) is 0. The molecule has 0 amide bonds. The van der Waals surface area contributed by atoms with Crippen molar-refractivity contribution >= 4 is 19.9 Å². The Labute approximate surface area is 89.0 Å². The first-order chi connectivity index (χ1) is 6.42. The number of rotatable bonds is 3. The maximum absolute atomic E-state index is 6.27. The van der Waals surface area contributed by atoms with Gasteiger partial charge in [0.05, 0.1) is 0 Å². The predicted octanol–water partition coefficient (Wildman–Crippen LogP) is 3.48. The Hall–Kier alpha value is 0.507. The standard InChI is InChI=1S/C11H21ClSi/c12-13-11(9-5-1-2-6-9)10-7-3-4-8-10/h9-11H,1-8,13H2. The summed E-state index contributed by atoms with van der Waals surface area (Å²) in [5.74, 6) is 2.10. The molecule has 0 nitrogen and oxygen atoms in total. The van der Waals surface area contributed by atoms with E-state index in [1.54, 1.807) is 0 Å². The van der Waals surface area contributed by atoms with E-state index in [2.05, 4.69) is 0 Å². The van der Waals surface area contributed by atoms with Gasteiger partial charge in [0.2, 0.25) is 0 Å². The van der Waals surface area contributed by atoms with Crippen LogP contribution < -0.4 is 0 Å². The van der Waals surface area contributed by atoms with Crippen LogP contribution in [0.4, 0.5) is 0 Å². The topological polar surface area (TPSA) is 0 Å². The van der Waals surface area contributed by atoms with Gasteiger partial charge in [0.25, 0.3) is 0 Å². The third-order valence-electron chi connectivity index (χ3n) is 4.19. The Morgan fingerprint density at radius 1 is 0.846 bits per heavy atom. The molecule has 2 fully saturated rings.